The van der Waals surface area contributed by atoms with Crippen molar-refractivity contribution in [2.75, 3.05) is 11.9 Å². The third kappa shape index (κ3) is 5.95. The molecule has 0 aromatic heterocycles. The Bertz CT molecular complexity index is 721. The van der Waals surface area contributed by atoms with Crippen molar-refractivity contribution < 1.29 is 23.1 Å². The molecule has 1 atom stereocenters. The highest BCUT2D eigenvalue weighted by Gasteiger charge is 2.29. The number of halogens is 4. The first-order chi connectivity index (χ1) is 11.8. The maximum atomic E-state index is 12.5. The average molecular weight is 373 g/mol. The van der Waals surface area contributed by atoms with Crippen LogP contribution in [0.25, 0.3) is 0 Å². The first-order valence-corrected chi connectivity index (χ1v) is 7.79. The van der Waals surface area contributed by atoms with Crippen molar-refractivity contribution in [1.29, 1.82) is 0 Å². The normalized spacial score (nSPS) is 12.5. The van der Waals surface area contributed by atoms with Crippen LogP contribution in [-0.2, 0) is 6.18 Å². The fourth-order valence-electron chi connectivity index (χ4n) is 2.12. The van der Waals surface area contributed by atoms with Crippen molar-refractivity contribution in [2.24, 2.45) is 0 Å². The molecule has 0 unspecified atom stereocenters. The third-order valence-electron chi connectivity index (χ3n) is 3.41. The van der Waals surface area contributed by atoms with E-state index in [-0.39, 0.29) is 18.7 Å². The second-order valence-corrected chi connectivity index (χ2v) is 5.75. The van der Waals surface area contributed by atoms with Gasteiger partial charge < -0.3 is 15.7 Å². The molecule has 0 aliphatic carbocycles. The molecule has 4 nitrogen and oxygen atoms in total. The minimum atomic E-state index is -4.42. The summed E-state index contributed by atoms with van der Waals surface area (Å²) in [4.78, 5) is 11.7. The van der Waals surface area contributed by atoms with Crippen molar-refractivity contribution in [3.63, 3.8) is 0 Å². The molecule has 2 aromatic rings. The largest absolute Gasteiger partial charge is 0.416 e. The van der Waals surface area contributed by atoms with Crippen LogP contribution in [0.2, 0.25) is 5.02 Å². The Morgan fingerprint density at radius 2 is 1.84 bits per heavy atom. The second kappa shape index (κ2) is 8.22. The van der Waals surface area contributed by atoms with Gasteiger partial charge in [0.15, 0.2) is 0 Å². The summed E-state index contributed by atoms with van der Waals surface area (Å²) >= 11 is 5.84. The van der Waals surface area contributed by atoms with Crippen LogP contribution < -0.4 is 10.6 Å². The zero-order valence-corrected chi connectivity index (χ0v) is 13.7. The monoisotopic (exact) mass is 372 g/mol. The SMILES string of the molecule is O=C(NCC[C@H](O)c1cccc(Cl)c1)Nc1ccc(C(F)(F)F)cc1. The number of hydrogen-bond acceptors (Lipinski definition) is 2. The lowest BCUT2D eigenvalue weighted by molar-refractivity contribution is -0.137. The van der Waals surface area contributed by atoms with Gasteiger partial charge in [0, 0.05) is 17.3 Å². The fraction of sp³-hybridized carbons (Fsp3) is 0.235. The lowest BCUT2D eigenvalue weighted by Gasteiger charge is -2.13. The van der Waals surface area contributed by atoms with Crippen molar-refractivity contribution in [3.05, 3.63) is 64.7 Å². The lowest BCUT2D eigenvalue weighted by atomic mass is 10.1. The molecular weight excluding hydrogens is 357 g/mol. The Kier molecular flexibility index (Phi) is 6.27. The quantitative estimate of drug-likeness (QED) is 0.718. The molecule has 2 aromatic carbocycles. The van der Waals surface area contributed by atoms with Crippen LogP contribution in [0.4, 0.5) is 23.7 Å². The van der Waals surface area contributed by atoms with Gasteiger partial charge in [0.05, 0.1) is 11.7 Å². The van der Waals surface area contributed by atoms with E-state index in [9.17, 15) is 23.1 Å². The van der Waals surface area contributed by atoms with E-state index in [4.69, 9.17) is 11.6 Å². The van der Waals surface area contributed by atoms with E-state index in [1.807, 2.05) is 0 Å². The molecule has 0 fully saturated rings. The molecule has 0 spiro atoms. The number of nitrogens with one attached hydrogen (secondary N) is 2. The Morgan fingerprint density at radius 3 is 2.44 bits per heavy atom. The molecule has 0 heterocycles. The molecule has 2 amide bonds. The molecule has 0 aliphatic heterocycles. The number of aliphatic hydroxyl groups is 1. The zero-order valence-electron chi connectivity index (χ0n) is 13.0. The van der Waals surface area contributed by atoms with Crippen molar-refractivity contribution in [1.82, 2.24) is 5.32 Å². The number of amides is 2. The summed E-state index contributed by atoms with van der Waals surface area (Å²) in [6, 6.07) is 10.3. The summed E-state index contributed by atoms with van der Waals surface area (Å²) in [5, 5.41) is 15.5. The van der Waals surface area contributed by atoms with E-state index in [1.165, 1.54) is 12.1 Å². The van der Waals surface area contributed by atoms with E-state index >= 15 is 0 Å². The summed E-state index contributed by atoms with van der Waals surface area (Å²) in [6.45, 7) is 0.181. The summed E-state index contributed by atoms with van der Waals surface area (Å²) in [5.74, 6) is 0. The molecule has 0 aliphatic rings. The standard InChI is InChI=1S/C17H16ClF3N2O2/c18-13-3-1-2-11(10-13)15(24)8-9-22-16(25)23-14-6-4-12(5-7-14)17(19,20)21/h1-7,10,15,24H,8-9H2,(H2,22,23,25)/t15-/m0/s1. The van der Waals surface area contributed by atoms with Crippen LogP contribution in [0.1, 0.15) is 23.7 Å². The molecular formula is C17H16ClF3N2O2. The van der Waals surface area contributed by atoms with Crippen LogP contribution in [-0.4, -0.2) is 17.7 Å². The molecule has 0 bridgehead atoms. The zero-order chi connectivity index (χ0) is 18.4. The van der Waals surface area contributed by atoms with Crippen LogP contribution in [0, 0.1) is 0 Å². The van der Waals surface area contributed by atoms with Gasteiger partial charge in [0.2, 0.25) is 0 Å². The number of hydrogen-bond donors (Lipinski definition) is 3. The highest BCUT2D eigenvalue weighted by atomic mass is 35.5. The van der Waals surface area contributed by atoms with Gasteiger partial charge in [0.25, 0.3) is 0 Å². The number of carbonyl (C=O) groups is 1. The maximum absolute atomic E-state index is 12.5. The molecule has 134 valence electrons. The molecule has 25 heavy (non-hydrogen) atoms. The third-order valence-corrected chi connectivity index (χ3v) is 3.64. The van der Waals surface area contributed by atoms with Gasteiger partial charge in [-0.05, 0) is 48.4 Å². The van der Waals surface area contributed by atoms with Gasteiger partial charge >= 0.3 is 12.2 Å². The highest BCUT2D eigenvalue weighted by molar-refractivity contribution is 6.30. The van der Waals surface area contributed by atoms with Crippen molar-refractivity contribution >= 4 is 23.3 Å². The smallest absolute Gasteiger partial charge is 0.388 e. The number of aliphatic hydroxyl groups excluding tert-OH is 1. The fourth-order valence-corrected chi connectivity index (χ4v) is 2.32. The summed E-state index contributed by atoms with van der Waals surface area (Å²) < 4.78 is 37.4. The van der Waals surface area contributed by atoms with Crippen molar-refractivity contribution in [3.8, 4) is 0 Å². The van der Waals surface area contributed by atoms with Gasteiger partial charge in [-0.15, -0.1) is 0 Å². The van der Waals surface area contributed by atoms with Crippen LogP contribution in [0.15, 0.2) is 48.5 Å². The first-order valence-electron chi connectivity index (χ1n) is 7.41. The molecule has 8 heteroatoms. The van der Waals surface area contributed by atoms with E-state index in [2.05, 4.69) is 10.6 Å². The summed E-state index contributed by atoms with van der Waals surface area (Å²) in [5.41, 5.74) is 0.0847. The minimum Gasteiger partial charge on any atom is -0.388 e. The van der Waals surface area contributed by atoms with Gasteiger partial charge in [-0.25, -0.2) is 4.79 Å². The number of alkyl halides is 3. The van der Waals surface area contributed by atoms with Gasteiger partial charge in [-0.2, -0.15) is 13.2 Å². The predicted octanol–water partition coefficient (Wildman–Crippen LogP) is 4.60. The molecule has 2 rings (SSSR count). The van der Waals surface area contributed by atoms with Gasteiger partial charge in [-0.1, -0.05) is 23.7 Å². The van der Waals surface area contributed by atoms with Gasteiger partial charge in [0.1, 0.15) is 0 Å². The average Bonchev–Trinajstić information content (AvgIpc) is 2.54. The first kappa shape index (κ1) is 19.1. The Balaban J connectivity index is 1.79. The molecule has 3 N–H and O–H groups in total. The van der Waals surface area contributed by atoms with E-state index in [0.717, 1.165) is 12.1 Å². The topological polar surface area (TPSA) is 61.4 Å². The highest BCUT2D eigenvalue weighted by Crippen LogP contribution is 2.29. The second-order valence-electron chi connectivity index (χ2n) is 5.32. The Labute approximate surface area is 147 Å². The van der Waals surface area contributed by atoms with Crippen LogP contribution in [0.5, 0.6) is 0 Å². The Morgan fingerprint density at radius 1 is 1.16 bits per heavy atom. The summed E-state index contributed by atoms with van der Waals surface area (Å²) in [7, 11) is 0. The maximum Gasteiger partial charge on any atom is 0.416 e. The predicted molar refractivity (Wildman–Crippen MR) is 89.5 cm³/mol. The molecule has 0 saturated heterocycles. The number of urea groups is 1. The number of rotatable bonds is 5. The number of carbonyl (C=O) groups excluding carboxylic acids is 1. The number of benzene rings is 2. The van der Waals surface area contributed by atoms with Gasteiger partial charge in [-0.3, -0.25) is 0 Å². The van der Waals surface area contributed by atoms with Crippen LogP contribution in [0.3, 0.4) is 0 Å². The summed E-state index contributed by atoms with van der Waals surface area (Å²) in [6.07, 6.45) is -4.94. The van der Waals surface area contributed by atoms with E-state index in [1.54, 1.807) is 24.3 Å². The molecule has 0 saturated carbocycles. The number of anilines is 1. The van der Waals surface area contributed by atoms with Crippen LogP contribution >= 0.6 is 11.6 Å². The minimum absolute atomic E-state index is 0.181. The lowest BCUT2D eigenvalue weighted by Crippen LogP contribution is -2.30. The Hall–Kier alpha value is -2.25. The van der Waals surface area contributed by atoms with Crippen molar-refractivity contribution in [2.45, 2.75) is 18.7 Å². The van der Waals surface area contributed by atoms with E-state index < -0.39 is 23.9 Å². The molecule has 0 radical (unpaired) electrons. The van der Waals surface area contributed by atoms with E-state index in [0.29, 0.717) is 10.6 Å².